The zero-order valence-corrected chi connectivity index (χ0v) is 17.1. The Morgan fingerprint density at radius 2 is 2.07 bits per heavy atom. The van der Waals surface area contributed by atoms with Crippen LogP contribution >= 0.6 is 0 Å². The molecule has 0 aromatic heterocycles. The van der Waals surface area contributed by atoms with Crippen molar-refractivity contribution in [3.8, 4) is 23.3 Å². The zero-order chi connectivity index (χ0) is 21.1. The first-order valence-electron chi connectivity index (χ1n) is 9.80. The number of benzene rings is 2. The van der Waals surface area contributed by atoms with E-state index >= 15 is 0 Å². The minimum Gasteiger partial charge on any atom is -0.491 e. The Labute approximate surface area is 175 Å². The largest absolute Gasteiger partial charge is 0.491 e. The topological polar surface area (TPSA) is 67.2 Å². The molecule has 2 heterocycles. The van der Waals surface area contributed by atoms with Gasteiger partial charge in [0.2, 0.25) is 6.79 Å². The maximum Gasteiger partial charge on any atom is 0.231 e. The molecule has 30 heavy (non-hydrogen) atoms. The Kier molecular flexibility index (Phi) is 5.93. The molecule has 0 bridgehead atoms. The smallest absolute Gasteiger partial charge is 0.231 e. The highest BCUT2D eigenvalue weighted by Gasteiger charge is 2.24. The molecule has 2 aromatic rings. The van der Waals surface area contributed by atoms with Gasteiger partial charge in [-0.1, -0.05) is 6.07 Å². The maximum atomic E-state index is 14.9. The molecule has 0 spiro atoms. The lowest BCUT2D eigenvalue weighted by Gasteiger charge is -2.33. The number of anilines is 1. The monoisotopic (exact) mass is 413 g/mol. The van der Waals surface area contributed by atoms with Crippen LogP contribution in [0.3, 0.4) is 0 Å². The van der Waals surface area contributed by atoms with Crippen LogP contribution in [0, 0.1) is 17.1 Å². The number of halogens is 1. The molecular weight excluding hydrogens is 389 g/mol. The fraction of sp³-hybridized carbons (Fsp3) is 0.409. The van der Waals surface area contributed by atoms with Gasteiger partial charge >= 0.3 is 0 Å². The van der Waals surface area contributed by atoms with Gasteiger partial charge in [-0.2, -0.15) is 5.26 Å². The van der Waals surface area contributed by atoms with Gasteiger partial charge in [-0.15, -0.1) is 0 Å². The average Bonchev–Trinajstić information content (AvgIpc) is 3.21. The number of hydrogen-bond donors (Lipinski definition) is 0. The summed E-state index contributed by atoms with van der Waals surface area (Å²) < 4.78 is 37.2. The minimum absolute atomic E-state index is 0.0773. The van der Waals surface area contributed by atoms with Gasteiger partial charge < -0.3 is 23.8 Å². The fourth-order valence-corrected chi connectivity index (χ4v) is 3.63. The highest BCUT2D eigenvalue weighted by molar-refractivity contribution is 5.60. The fourth-order valence-electron chi connectivity index (χ4n) is 3.63. The van der Waals surface area contributed by atoms with Gasteiger partial charge in [0.1, 0.15) is 35.9 Å². The van der Waals surface area contributed by atoms with E-state index in [2.05, 4.69) is 4.90 Å². The minimum atomic E-state index is -0.455. The van der Waals surface area contributed by atoms with Gasteiger partial charge in [0, 0.05) is 45.4 Å². The maximum absolute atomic E-state index is 14.9. The van der Waals surface area contributed by atoms with E-state index in [-0.39, 0.29) is 18.5 Å². The van der Waals surface area contributed by atoms with E-state index in [0.717, 1.165) is 0 Å². The van der Waals surface area contributed by atoms with Crippen LogP contribution in [0.2, 0.25) is 0 Å². The highest BCUT2D eigenvalue weighted by Crippen LogP contribution is 2.35. The van der Waals surface area contributed by atoms with Gasteiger partial charge in [-0.05, 0) is 18.2 Å². The van der Waals surface area contributed by atoms with Gasteiger partial charge in [0.25, 0.3) is 0 Å². The molecule has 2 aliphatic rings. The molecular formula is C22H24FN3O4. The Morgan fingerprint density at radius 3 is 2.87 bits per heavy atom. The summed E-state index contributed by atoms with van der Waals surface area (Å²) in [5, 5.41) is 9.37. The Morgan fingerprint density at radius 1 is 1.23 bits per heavy atom. The van der Waals surface area contributed by atoms with Gasteiger partial charge in [0.15, 0.2) is 11.5 Å². The third kappa shape index (κ3) is 4.27. The van der Waals surface area contributed by atoms with E-state index in [9.17, 15) is 9.65 Å². The van der Waals surface area contributed by atoms with E-state index in [1.165, 1.54) is 0 Å². The molecule has 0 saturated carbocycles. The molecule has 0 N–H and O–H groups in total. The lowest BCUT2D eigenvalue weighted by atomic mass is 10.1. The van der Waals surface area contributed by atoms with Gasteiger partial charge in [-0.25, -0.2) is 4.39 Å². The first-order valence-corrected chi connectivity index (χ1v) is 9.80. The van der Waals surface area contributed by atoms with Crippen molar-refractivity contribution in [3.63, 3.8) is 0 Å². The van der Waals surface area contributed by atoms with E-state index in [0.29, 0.717) is 61.3 Å². The summed E-state index contributed by atoms with van der Waals surface area (Å²) in [7, 11) is 3.59. The van der Waals surface area contributed by atoms with Crippen LogP contribution in [0.25, 0.3) is 0 Å². The standard InChI is InChI=1S/C22H24FN3O4/c1-25(2)19-5-3-15(22(23)18(19)10-24)11-26-7-8-27-17(12-26)13-28-16-4-6-20-21(9-16)30-14-29-20/h3-6,9,17H,7-8,11-14H2,1-2H3. The predicted molar refractivity (Wildman–Crippen MR) is 109 cm³/mol. The zero-order valence-electron chi connectivity index (χ0n) is 17.1. The predicted octanol–water partition coefficient (Wildman–Crippen LogP) is 2.77. The number of rotatable bonds is 6. The molecule has 1 saturated heterocycles. The molecule has 2 aliphatic heterocycles. The second kappa shape index (κ2) is 8.78. The number of ether oxygens (including phenoxy) is 4. The average molecular weight is 413 g/mol. The van der Waals surface area contributed by atoms with Gasteiger partial charge in [-0.3, -0.25) is 4.90 Å². The summed E-state index contributed by atoms with van der Waals surface area (Å²) in [4.78, 5) is 3.86. The van der Waals surface area contributed by atoms with Crippen LogP contribution in [0.15, 0.2) is 30.3 Å². The van der Waals surface area contributed by atoms with Crippen molar-refractivity contribution < 1.29 is 23.3 Å². The second-order valence-corrected chi connectivity index (χ2v) is 7.49. The summed E-state index contributed by atoms with van der Waals surface area (Å²) in [6.45, 7) is 2.86. The molecule has 7 nitrogen and oxygen atoms in total. The molecule has 1 fully saturated rings. The van der Waals surface area contributed by atoms with E-state index < -0.39 is 5.82 Å². The molecule has 8 heteroatoms. The molecule has 158 valence electrons. The van der Waals surface area contributed by atoms with Crippen LogP contribution < -0.4 is 19.1 Å². The van der Waals surface area contributed by atoms with Crippen LogP contribution in [-0.4, -0.2) is 58.2 Å². The first kappa shape index (κ1) is 20.3. The first-order chi connectivity index (χ1) is 14.5. The van der Waals surface area contributed by atoms with Crippen LogP contribution in [0.4, 0.5) is 10.1 Å². The molecule has 1 atom stereocenters. The van der Waals surface area contributed by atoms with Crippen LogP contribution in [-0.2, 0) is 11.3 Å². The Hall–Kier alpha value is -3.02. The SMILES string of the molecule is CN(C)c1ccc(CN2CCOC(COc3ccc4c(c3)OCO4)C2)c(F)c1C#N. The summed E-state index contributed by atoms with van der Waals surface area (Å²) in [5.74, 6) is 1.61. The van der Waals surface area contributed by atoms with Crippen LogP contribution in [0.1, 0.15) is 11.1 Å². The van der Waals surface area contributed by atoms with Crippen molar-refractivity contribution in [1.82, 2.24) is 4.90 Å². The Bertz CT molecular complexity index is 960. The normalized spacial score (nSPS) is 18.1. The van der Waals surface area contributed by atoms with Crippen molar-refractivity contribution in [3.05, 3.63) is 47.3 Å². The Balaban J connectivity index is 1.37. The lowest BCUT2D eigenvalue weighted by Crippen LogP contribution is -2.44. The highest BCUT2D eigenvalue weighted by atomic mass is 19.1. The van der Waals surface area contributed by atoms with E-state index in [1.807, 2.05) is 18.2 Å². The third-order valence-corrected chi connectivity index (χ3v) is 5.19. The van der Waals surface area contributed by atoms with Crippen molar-refractivity contribution in [2.24, 2.45) is 0 Å². The molecule has 0 amide bonds. The number of nitrogens with zero attached hydrogens (tertiary/aromatic N) is 3. The third-order valence-electron chi connectivity index (χ3n) is 5.19. The number of fused-ring (bicyclic) bond motifs is 1. The summed E-state index contributed by atoms with van der Waals surface area (Å²) in [6, 6.07) is 11.0. The summed E-state index contributed by atoms with van der Waals surface area (Å²) in [5.41, 5.74) is 1.17. The van der Waals surface area contributed by atoms with E-state index in [1.54, 1.807) is 37.2 Å². The molecule has 0 aliphatic carbocycles. The van der Waals surface area contributed by atoms with Gasteiger partial charge in [0.05, 0.1) is 12.3 Å². The van der Waals surface area contributed by atoms with E-state index in [4.69, 9.17) is 18.9 Å². The molecule has 4 rings (SSSR count). The number of hydrogen-bond acceptors (Lipinski definition) is 7. The lowest BCUT2D eigenvalue weighted by molar-refractivity contribution is -0.0506. The second-order valence-electron chi connectivity index (χ2n) is 7.49. The number of morpholine rings is 1. The quantitative estimate of drug-likeness (QED) is 0.721. The summed E-state index contributed by atoms with van der Waals surface area (Å²) >= 11 is 0. The van der Waals surface area contributed by atoms with Crippen LogP contribution in [0.5, 0.6) is 17.2 Å². The molecule has 1 unspecified atom stereocenters. The molecule has 0 radical (unpaired) electrons. The van der Waals surface area contributed by atoms with Crippen molar-refractivity contribution in [2.75, 3.05) is 52.1 Å². The number of nitriles is 1. The van der Waals surface area contributed by atoms with Crippen molar-refractivity contribution >= 4 is 5.69 Å². The van der Waals surface area contributed by atoms with Crippen molar-refractivity contribution in [2.45, 2.75) is 12.6 Å². The van der Waals surface area contributed by atoms with Crippen molar-refractivity contribution in [1.29, 1.82) is 5.26 Å². The summed E-state index contributed by atoms with van der Waals surface area (Å²) in [6.07, 6.45) is -0.135. The molecule has 2 aromatic carbocycles.